The Hall–Kier alpha value is -1.29. The van der Waals surface area contributed by atoms with Crippen molar-refractivity contribution in [2.24, 2.45) is 0 Å². The molecule has 0 saturated carbocycles. The second kappa shape index (κ2) is 4.67. The molecule has 13 heavy (non-hydrogen) atoms. The maximum absolute atomic E-state index is 8.79. The van der Waals surface area contributed by atoms with E-state index in [9.17, 15) is 0 Å². The van der Waals surface area contributed by atoms with Crippen LogP contribution in [0.4, 0.5) is 11.5 Å². The third-order valence-corrected chi connectivity index (χ3v) is 1.85. The Labute approximate surface area is 78.0 Å². The number of pyridine rings is 1. The third kappa shape index (κ3) is 2.59. The minimum absolute atomic E-state index is 0.139. The second-order valence-corrected chi connectivity index (χ2v) is 2.75. The number of hydrogen-bond donors (Lipinski definition) is 2. The van der Waals surface area contributed by atoms with E-state index in [0.717, 1.165) is 12.4 Å². The fraction of sp³-hybridized carbons (Fsp3) is 0.444. The highest BCUT2D eigenvalue weighted by molar-refractivity contribution is 5.45. The van der Waals surface area contributed by atoms with E-state index in [1.54, 1.807) is 6.20 Å². The van der Waals surface area contributed by atoms with Gasteiger partial charge in [0.1, 0.15) is 5.82 Å². The zero-order chi connectivity index (χ0) is 9.68. The smallest absolute Gasteiger partial charge is 0.128 e. The molecular weight excluding hydrogens is 166 g/mol. The summed E-state index contributed by atoms with van der Waals surface area (Å²) < 4.78 is 0. The summed E-state index contributed by atoms with van der Waals surface area (Å²) in [7, 11) is 0. The van der Waals surface area contributed by atoms with E-state index in [2.05, 4.69) is 4.98 Å². The summed E-state index contributed by atoms with van der Waals surface area (Å²) in [5.74, 6) is 0.853. The lowest BCUT2D eigenvalue weighted by molar-refractivity contribution is 0.302. The van der Waals surface area contributed by atoms with E-state index in [1.165, 1.54) is 0 Å². The maximum Gasteiger partial charge on any atom is 0.128 e. The Kier molecular flexibility index (Phi) is 3.52. The van der Waals surface area contributed by atoms with Crippen LogP contribution in [-0.4, -0.2) is 29.8 Å². The van der Waals surface area contributed by atoms with Crippen LogP contribution in [0.15, 0.2) is 18.3 Å². The number of nitrogens with zero attached hydrogens (tertiary/aromatic N) is 2. The van der Waals surface area contributed by atoms with Crippen LogP contribution in [0, 0.1) is 0 Å². The van der Waals surface area contributed by atoms with Crippen LogP contribution in [0.1, 0.15) is 6.92 Å². The van der Waals surface area contributed by atoms with E-state index in [1.807, 2.05) is 24.0 Å². The number of anilines is 2. The molecule has 1 aromatic heterocycles. The van der Waals surface area contributed by atoms with Gasteiger partial charge in [-0.15, -0.1) is 0 Å². The predicted octanol–water partition coefficient (Wildman–Crippen LogP) is 0.482. The van der Waals surface area contributed by atoms with Crippen molar-refractivity contribution in [1.82, 2.24) is 4.98 Å². The standard InChI is InChI=1S/C9H15N3O/c1-2-12(5-6-13)9-4-3-8(10)7-11-9/h3-4,7,13H,2,5-6,10H2,1H3. The molecule has 1 heterocycles. The van der Waals surface area contributed by atoms with E-state index < -0.39 is 0 Å². The van der Waals surface area contributed by atoms with Gasteiger partial charge in [0, 0.05) is 13.1 Å². The Morgan fingerprint density at radius 1 is 1.54 bits per heavy atom. The van der Waals surface area contributed by atoms with E-state index in [-0.39, 0.29) is 6.61 Å². The van der Waals surface area contributed by atoms with Crippen molar-refractivity contribution in [3.8, 4) is 0 Å². The molecule has 3 N–H and O–H groups in total. The van der Waals surface area contributed by atoms with Gasteiger partial charge in [0.15, 0.2) is 0 Å². The van der Waals surface area contributed by atoms with Crippen molar-refractivity contribution in [3.63, 3.8) is 0 Å². The Bertz CT molecular complexity index is 248. The first-order valence-corrected chi connectivity index (χ1v) is 4.35. The third-order valence-electron chi connectivity index (χ3n) is 1.85. The number of nitrogens with two attached hydrogens (primary N) is 1. The van der Waals surface area contributed by atoms with Crippen LogP contribution >= 0.6 is 0 Å². The molecule has 0 atom stereocenters. The maximum atomic E-state index is 8.79. The minimum Gasteiger partial charge on any atom is -0.397 e. The van der Waals surface area contributed by atoms with Crippen molar-refractivity contribution in [1.29, 1.82) is 0 Å². The molecule has 0 aliphatic heterocycles. The van der Waals surface area contributed by atoms with Crippen molar-refractivity contribution in [2.45, 2.75) is 6.92 Å². The van der Waals surface area contributed by atoms with Gasteiger partial charge in [-0.05, 0) is 19.1 Å². The minimum atomic E-state index is 0.139. The van der Waals surface area contributed by atoms with E-state index in [0.29, 0.717) is 12.2 Å². The summed E-state index contributed by atoms with van der Waals surface area (Å²) >= 11 is 0. The molecule has 0 bridgehead atoms. The molecule has 0 aliphatic rings. The topological polar surface area (TPSA) is 62.4 Å². The van der Waals surface area contributed by atoms with Gasteiger partial charge in [-0.2, -0.15) is 0 Å². The van der Waals surface area contributed by atoms with Gasteiger partial charge < -0.3 is 15.7 Å². The second-order valence-electron chi connectivity index (χ2n) is 2.75. The monoisotopic (exact) mass is 181 g/mol. The SMILES string of the molecule is CCN(CCO)c1ccc(N)cn1. The molecule has 0 fully saturated rings. The van der Waals surface area contributed by atoms with Crippen molar-refractivity contribution >= 4 is 11.5 Å². The molecule has 72 valence electrons. The van der Waals surface area contributed by atoms with Crippen molar-refractivity contribution in [3.05, 3.63) is 18.3 Å². The Balaban J connectivity index is 2.73. The predicted molar refractivity (Wildman–Crippen MR) is 53.6 cm³/mol. The molecule has 0 aliphatic carbocycles. The van der Waals surface area contributed by atoms with Crippen LogP contribution in [0.25, 0.3) is 0 Å². The number of aliphatic hydroxyl groups excluding tert-OH is 1. The molecule has 0 radical (unpaired) electrons. The normalized spacial score (nSPS) is 10.0. The fourth-order valence-electron chi connectivity index (χ4n) is 1.14. The number of aromatic nitrogens is 1. The van der Waals surface area contributed by atoms with Crippen molar-refractivity contribution in [2.75, 3.05) is 30.3 Å². The van der Waals surface area contributed by atoms with E-state index >= 15 is 0 Å². The Morgan fingerprint density at radius 2 is 2.31 bits per heavy atom. The molecule has 0 spiro atoms. The summed E-state index contributed by atoms with van der Waals surface area (Å²) in [6.45, 7) is 3.60. The number of rotatable bonds is 4. The molecule has 1 rings (SSSR count). The first-order valence-electron chi connectivity index (χ1n) is 4.35. The first-order chi connectivity index (χ1) is 6.27. The van der Waals surface area contributed by atoms with E-state index in [4.69, 9.17) is 10.8 Å². The first kappa shape index (κ1) is 9.80. The molecular formula is C9H15N3O. The quantitative estimate of drug-likeness (QED) is 0.709. The Morgan fingerprint density at radius 3 is 2.77 bits per heavy atom. The van der Waals surface area contributed by atoms with Gasteiger partial charge in [-0.25, -0.2) is 4.98 Å². The average Bonchev–Trinajstić information content (AvgIpc) is 2.16. The van der Waals surface area contributed by atoms with Crippen LogP contribution in [0.3, 0.4) is 0 Å². The summed E-state index contributed by atoms with van der Waals surface area (Å²) in [4.78, 5) is 6.14. The number of nitrogen functional groups attached to an aromatic ring is 1. The number of likely N-dealkylation sites (N-methyl/N-ethyl adjacent to an activating group) is 1. The molecule has 0 saturated heterocycles. The highest BCUT2D eigenvalue weighted by atomic mass is 16.3. The van der Waals surface area contributed by atoms with Crippen LogP contribution in [0.5, 0.6) is 0 Å². The highest BCUT2D eigenvalue weighted by Gasteiger charge is 2.03. The van der Waals surface area contributed by atoms with Crippen LogP contribution in [0.2, 0.25) is 0 Å². The lowest BCUT2D eigenvalue weighted by Crippen LogP contribution is -2.26. The summed E-state index contributed by atoms with van der Waals surface area (Å²) in [6, 6.07) is 3.66. The van der Waals surface area contributed by atoms with Crippen molar-refractivity contribution < 1.29 is 5.11 Å². The number of hydrogen-bond acceptors (Lipinski definition) is 4. The summed E-state index contributed by atoms with van der Waals surface area (Å²) in [5.41, 5.74) is 6.17. The van der Waals surface area contributed by atoms with Gasteiger partial charge >= 0.3 is 0 Å². The molecule has 0 aromatic carbocycles. The number of aliphatic hydroxyl groups is 1. The van der Waals surface area contributed by atoms with Gasteiger partial charge in [0.25, 0.3) is 0 Å². The van der Waals surface area contributed by atoms with Gasteiger partial charge in [-0.3, -0.25) is 0 Å². The van der Waals surface area contributed by atoms with Gasteiger partial charge in [-0.1, -0.05) is 0 Å². The summed E-state index contributed by atoms with van der Waals surface area (Å²) in [5, 5.41) is 8.79. The highest BCUT2D eigenvalue weighted by Crippen LogP contribution is 2.11. The average molecular weight is 181 g/mol. The van der Waals surface area contributed by atoms with Crippen LogP contribution in [-0.2, 0) is 0 Å². The lowest BCUT2D eigenvalue weighted by atomic mass is 10.4. The largest absolute Gasteiger partial charge is 0.397 e. The molecule has 4 nitrogen and oxygen atoms in total. The summed E-state index contributed by atoms with van der Waals surface area (Å²) in [6.07, 6.45) is 1.62. The molecule has 0 unspecified atom stereocenters. The van der Waals surface area contributed by atoms with Crippen LogP contribution < -0.4 is 10.6 Å². The van der Waals surface area contributed by atoms with Gasteiger partial charge in [0.2, 0.25) is 0 Å². The zero-order valence-corrected chi connectivity index (χ0v) is 7.77. The molecule has 4 heteroatoms. The molecule has 1 aromatic rings. The lowest BCUT2D eigenvalue weighted by Gasteiger charge is -2.20. The fourth-order valence-corrected chi connectivity index (χ4v) is 1.14. The van der Waals surface area contributed by atoms with Gasteiger partial charge in [0.05, 0.1) is 18.5 Å². The molecule has 0 amide bonds. The zero-order valence-electron chi connectivity index (χ0n) is 7.77.